The zero-order valence-corrected chi connectivity index (χ0v) is 14.2. The molecule has 0 bridgehead atoms. The van der Waals surface area contributed by atoms with Crippen LogP contribution in [0.3, 0.4) is 0 Å². The molecule has 0 aliphatic rings. The lowest BCUT2D eigenvalue weighted by molar-refractivity contribution is 0.0765. The van der Waals surface area contributed by atoms with Gasteiger partial charge in [-0.2, -0.15) is 15.0 Å². The molecular weight excluding hydrogens is 290 g/mol. The van der Waals surface area contributed by atoms with Gasteiger partial charge < -0.3 is 15.0 Å². The predicted octanol–water partition coefficient (Wildman–Crippen LogP) is 2.99. The third-order valence-electron chi connectivity index (χ3n) is 2.95. The van der Waals surface area contributed by atoms with Crippen molar-refractivity contribution in [3.8, 4) is 0 Å². The Kier molecular flexibility index (Phi) is 8.30. The van der Waals surface area contributed by atoms with E-state index in [9.17, 15) is 0 Å². The fourth-order valence-corrected chi connectivity index (χ4v) is 1.97. The van der Waals surface area contributed by atoms with Crippen LogP contribution in [0.4, 0.5) is 11.9 Å². The first-order valence-electron chi connectivity index (χ1n) is 7.58. The van der Waals surface area contributed by atoms with Gasteiger partial charge in [-0.15, -0.1) is 0 Å². The highest BCUT2D eigenvalue weighted by Gasteiger charge is 2.09. The van der Waals surface area contributed by atoms with E-state index in [4.69, 9.17) is 16.3 Å². The Labute approximate surface area is 132 Å². The first-order valence-corrected chi connectivity index (χ1v) is 7.96. The van der Waals surface area contributed by atoms with E-state index in [1.807, 2.05) is 18.7 Å². The number of rotatable bonds is 10. The molecule has 0 atom stereocenters. The fourth-order valence-electron chi connectivity index (χ4n) is 1.81. The number of hydrogen-bond donors (Lipinski definition) is 1. The Hall–Kier alpha value is -1.14. The number of unbranched alkanes of at least 4 members (excludes halogenated alkanes) is 1. The fraction of sp³-hybridized carbons (Fsp3) is 0.786. The molecule has 0 spiro atoms. The molecule has 0 fully saturated rings. The maximum absolute atomic E-state index is 5.96. The van der Waals surface area contributed by atoms with Crippen molar-refractivity contribution >= 4 is 23.5 Å². The highest BCUT2D eigenvalue weighted by Crippen LogP contribution is 2.13. The molecule has 0 amide bonds. The molecule has 1 aromatic heterocycles. The Morgan fingerprint density at radius 3 is 2.48 bits per heavy atom. The Morgan fingerprint density at radius 1 is 1.14 bits per heavy atom. The van der Waals surface area contributed by atoms with Gasteiger partial charge in [0.1, 0.15) is 0 Å². The van der Waals surface area contributed by atoms with Gasteiger partial charge in [0.2, 0.25) is 17.2 Å². The third kappa shape index (κ3) is 6.91. The van der Waals surface area contributed by atoms with E-state index in [1.165, 1.54) is 0 Å². The van der Waals surface area contributed by atoms with Crippen molar-refractivity contribution in [2.75, 3.05) is 36.5 Å². The maximum atomic E-state index is 5.96. The molecule has 1 aromatic rings. The van der Waals surface area contributed by atoms with Crippen molar-refractivity contribution in [3.05, 3.63) is 5.28 Å². The standard InChI is InChI=1S/C14H26ClN5O/c1-5-20(6-2)14-18-12(15)17-13(19-14)16-9-7-8-10-21-11(3)4/h11H,5-10H2,1-4H3,(H,16,17,18,19). The Morgan fingerprint density at radius 2 is 1.86 bits per heavy atom. The van der Waals surface area contributed by atoms with E-state index in [-0.39, 0.29) is 11.4 Å². The van der Waals surface area contributed by atoms with Crippen LogP contribution in [0, 0.1) is 0 Å². The van der Waals surface area contributed by atoms with Crippen LogP contribution in [-0.2, 0) is 4.74 Å². The molecule has 0 aromatic carbocycles. The highest BCUT2D eigenvalue weighted by atomic mass is 35.5. The predicted molar refractivity (Wildman–Crippen MR) is 87.2 cm³/mol. The van der Waals surface area contributed by atoms with Gasteiger partial charge in [0.05, 0.1) is 6.10 Å². The summed E-state index contributed by atoms with van der Waals surface area (Å²) in [6.45, 7) is 11.4. The topological polar surface area (TPSA) is 63.2 Å². The molecule has 1 rings (SSSR count). The molecule has 0 aliphatic heterocycles. The molecule has 1 N–H and O–H groups in total. The van der Waals surface area contributed by atoms with E-state index in [1.54, 1.807) is 0 Å². The summed E-state index contributed by atoms with van der Waals surface area (Å²) >= 11 is 5.96. The van der Waals surface area contributed by atoms with Crippen molar-refractivity contribution in [1.29, 1.82) is 0 Å². The average Bonchev–Trinajstić information content (AvgIpc) is 2.43. The van der Waals surface area contributed by atoms with Crippen LogP contribution in [-0.4, -0.2) is 47.3 Å². The van der Waals surface area contributed by atoms with Gasteiger partial charge in [0.25, 0.3) is 0 Å². The second-order valence-electron chi connectivity index (χ2n) is 4.95. The normalized spacial score (nSPS) is 11.0. The quantitative estimate of drug-likeness (QED) is 0.670. The number of ether oxygens (including phenoxy) is 1. The smallest absolute Gasteiger partial charge is 0.231 e. The zero-order valence-electron chi connectivity index (χ0n) is 13.4. The summed E-state index contributed by atoms with van der Waals surface area (Å²) in [6.07, 6.45) is 2.29. The Bertz CT molecular complexity index is 412. The molecule has 0 saturated carbocycles. The van der Waals surface area contributed by atoms with Crippen LogP contribution in [0.2, 0.25) is 5.28 Å². The summed E-state index contributed by atoms with van der Waals surface area (Å²) in [6, 6.07) is 0. The summed E-state index contributed by atoms with van der Waals surface area (Å²) < 4.78 is 5.50. The lowest BCUT2D eigenvalue weighted by Gasteiger charge is -2.18. The minimum absolute atomic E-state index is 0.220. The number of anilines is 2. The first kappa shape index (κ1) is 17.9. The molecule has 21 heavy (non-hydrogen) atoms. The SMILES string of the molecule is CCN(CC)c1nc(Cl)nc(NCCCCOC(C)C)n1. The second kappa shape index (κ2) is 9.73. The molecular formula is C14H26ClN5O. The van der Waals surface area contributed by atoms with Gasteiger partial charge in [0, 0.05) is 26.2 Å². The molecule has 6 nitrogen and oxygen atoms in total. The van der Waals surface area contributed by atoms with Gasteiger partial charge in [-0.1, -0.05) is 0 Å². The van der Waals surface area contributed by atoms with E-state index >= 15 is 0 Å². The Balaban J connectivity index is 2.44. The molecule has 0 aliphatic carbocycles. The van der Waals surface area contributed by atoms with Crippen LogP contribution in [0.25, 0.3) is 0 Å². The minimum Gasteiger partial charge on any atom is -0.379 e. The maximum Gasteiger partial charge on any atom is 0.231 e. The molecule has 0 radical (unpaired) electrons. The summed E-state index contributed by atoms with van der Waals surface area (Å²) in [5.41, 5.74) is 0. The monoisotopic (exact) mass is 315 g/mol. The minimum atomic E-state index is 0.220. The lowest BCUT2D eigenvalue weighted by atomic mass is 10.3. The van der Waals surface area contributed by atoms with Crippen molar-refractivity contribution in [3.63, 3.8) is 0 Å². The van der Waals surface area contributed by atoms with Crippen molar-refractivity contribution in [1.82, 2.24) is 15.0 Å². The van der Waals surface area contributed by atoms with Gasteiger partial charge in [-0.25, -0.2) is 0 Å². The number of hydrogen-bond acceptors (Lipinski definition) is 6. The van der Waals surface area contributed by atoms with Crippen molar-refractivity contribution in [2.45, 2.75) is 46.6 Å². The number of nitrogens with one attached hydrogen (secondary N) is 1. The highest BCUT2D eigenvalue weighted by molar-refractivity contribution is 6.28. The molecule has 0 saturated heterocycles. The van der Waals surface area contributed by atoms with E-state index in [2.05, 4.69) is 34.1 Å². The summed E-state index contributed by atoms with van der Waals surface area (Å²) in [5.74, 6) is 1.15. The van der Waals surface area contributed by atoms with Crippen molar-refractivity contribution < 1.29 is 4.74 Å². The lowest BCUT2D eigenvalue weighted by Crippen LogP contribution is -2.25. The second-order valence-corrected chi connectivity index (χ2v) is 5.29. The van der Waals surface area contributed by atoms with Gasteiger partial charge >= 0.3 is 0 Å². The van der Waals surface area contributed by atoms with E-state index in [0.29, 0.717) is 11.9 Å². The van der Waals surface area contributed by atoms with Gasteiger partial charge in [0.15, 0.2) is 0 Å². The molecule has 7 heteroatoms. The van der Waals surface area contributed by atoms with Gasteiger partial charge in [-0.05, 0) is 52.1 Å². The summed E-state index contributed by atoms with van der Waals surface area (Å²) in [7, 11) is 0. The largest absolute Gasteiger partial charge is 0.379 e. The van der Waals surface area contributed by atoms with Crippen LogP contribution in [0.1, 0.15) is 40.5 Å². The summed E-state index contributed by atoms with van der Waals surface area (Å²) in [4.78, 5) is 14.7. The first-order chi connectivity index (χ1) is 10.1. The number of nitrogens with zero attached hydrogens (tertiary/aromatic N) is 4. The van der Waals surface area contributed by atoms with Gasteiger partial charge in [-0.3, -0.25) is 0 Å². The summed E-state index contributed by atoms with van der Waals surface area (Å²) in [5, 5.41) is 3.41. The average molecular weight is 316 g/mol. The van der Waals surface area contributed by atoms with E-state index in [0.717, 1.165) is 39.1 Å². The molecule has 1 heterocycles. The van der Waals surface area contributed by atoms with Crippen LogP contribution in [0.15, 0.2) is 0 Å². The zero-order chi connectivity index (χ0) is 15.7. The number of halogens is 1. The molecule has 0 unspecified atom stereocenters. The van der Waals surface area contributed by atoms with Crippen LogP contribution >= 0.6 is 11.6 Å². The van der Waals surface area contributed by atoms with E-state index < -0.39 is 0 Å². The van der Waals surface area contributed by atoms with Crippen LogP contribution in [0.5, 0.6) is 0 Å². The number of aromatic nitrogens is 3. The third-order valence-corrected chi connectivity index (χ3v) is 3.12. The van der Waals surface area contributed by atoms with Crippen LogP contribution < -0.4 is 10.2 Å². The van der Waals surface area contributed by atoms with Crippen molar-refractivity contribution in [2.24, 2.45) is 0 Å². The molecule has 120 valence electrons.